The van der Waals surface area contributed by atoms with Gasteiger partial charge in [0.1, 0.15) is 5.69 Å². The fourth-order valence-electron chi connectivity index (χ4n) is 3.12. The van der Waals surface area contributed by atoms with E-state index in [1.807, 2.05) is 6.92 Å². The van der Waals surface area contributed by atoms with Gasteiger partial charge in [0, 0.05) is 6.54 Å². The third kappa shape index (κ3) is 3.34. The lowest BCUT2D eigenvalue weighted by atomic mass is 9.80. The quantitative estimate of drug-likeness (QED) is 0.641. The summed E-state index contributed by atoms with van der Waals surface area (Å²) in [5.41, 5.74) is 6.20. The Bertz CT molecular complexity index is 501. The lowest BCUT2D eigenvalue weighted by molar-refractivity contribution is -0.386. The summed E-state index contributed by atoms with van der Waals surface area (Å²) in [7, 11) is 0. The molecular formula is C14H24N4O3. The molecule has 0 saturated heterocycles. The van der Waals surface area contributed by atoms with E-state index in [2.05, 4.69) is 5.10 Å². The van der Waals surface area contributed by atoms with Crippen LogP contribution >= 0.6 is 0 Å². The minimum atomic E-state index is -0.412. The molecule has 1 fully saturated rings. The zero-order valence-electron chi connectivity index (χ0n) is 12.7. The second-order valence-electron chi connectivity index (χ2n) is 5.66. The SMILES string of the molecule is CCn1nc(C)c([N+](=O)[O-])c1OCC1CCCCC1CN. The largest absolute Gasteiger partial charge is 0.473 e. The Hall–Kier alpha value is -1.63. The number of rotatable bonds is 6. The summed E-state index contributed by atoms with van der Waals surface area (Å²) >= 11 is 0. The highest BCUT2D eigenvalue weighted by Gasteiger charge is 2.29. The maximum Gasteiger partial charge on any atom is 0.353 e. The van der Waals surface area contributed by atoms with Crippen LogP contribution in [0, 0.1) is 28.9 Å². The van der Waals surface area contributed by atoms with Crippen molar-refractivity contribution in [1.29, 1.82) is 0 Å². The molecule has 1 aliphatic rings. The van der Waals surface area contributed by atoms with Gasteiger partial charge in [0.25, 0.3) is 5.88 Å². The first-order chi connectivity index (χ1) is 10.1. The van der Waals surface area contributed by atoms with E-state index in [0.717, 1.165) is 12.8 Å². The first kappa shape index (κ1) is 15.8. The van der Waals surface area contributed by atoms with Crippen LogP contribution in [0.4, 0.5) is 5.69 Å². The molecule has 2 N–H and O–H groups in total. The van der Waals surface area contributed by atoms with Crippen molar-refractivity contribution in [2.75, 3.05) is 13.2 Å². The van der Waals surface area contributed by atoms with E-state index in [4.69, 9.17) is 10.5 Å². The summed E-state index contributed by atoms with van der Waals surface area (Å²) in [5, 5.41) is 15.4. The van der Waals surface area contributed by atoms with Gasteiger partial charge in [-0.15, -0.1) is 0 Å². The summed E-state index contributed by atoms with van der Waals surface area (Å²) in [4.78, 5) is 10.8. The lowest BCUT2D eigenvalue weighted by Gasteiger charge is -2.30. The van der Waals surface area contributed by atoms with Gasteiger partial charge in [-0.2, -0.15) is 5.10 Å². The second kappa shape index (κ2) is 6.89. The van der Waals surface area contributed by atoms with Gasteiger partial charge in [-0.3, -0.25) is 10.1 Å². The number of nitro groups is 1. The molecule has 0 aliphatic heterocycles. The average molecular weight is 296 g/mol. The van der Waals surface area contributed by atoms with Gasteiger partial charge >= 0.3 is 5.69 Å². The Morgan fingerprint density at radius 1 is 1.43 bits per heavy atom. The Kier molecular flexibility index (Phi) is 5.17. The van der Waals surface area contributed by atoms with E-state index < -0.39 is 4.92 Å². The van der Waals surface area contributed by atoms with Crippen LogP contribution < -0.4 is 10.5 Å². The van der Waals surface area contributed by atoms with Gasteiger partial charge < -0.3 is 10.5 Å². The molecule has 7 heteroatoms. The molecule has 0 bridgehead atoms. The van der Waals surface area contributed by atoms with Crippen molar-refractivity contribution in [2.45, 2.75) is 46.1 Å². The van der Waals surface area contributed by atoms with Gasteiger partial charge in [0.2, 0.25) is 0 Å². The number of nitrogens with two attached hydrogens (primary N) is 1. The monoisotopic (exact) mass is 296 g/mol. The number of nitrogens with zero attached hydrogens (tertiary/aromatic N) is 3. The van der Waals surface area contributed by atoms with E-state index >= 15 is 0 Å². The predicted octanol–water partition coefficient (Wildman–Crippen LogP) is 2.26. The molecule has 118 valence electrons. The maximum absolute atomic E-state index is 11.2. The molecule has 21 heavy (non-hydrogen) atoms. The number of hydrogen-bond donors (Lipinski definition) is 1. The minimum Gasteiger partial charge on any atom is -0.473 e. The van der Waals surface area contributed by atoms with Crippen molar-refractivity contribution in [1.82, 2.24) is 9.78 Å². The standard InChI is InChI=1S/C14H24N4O3/c1-3-17-14(13(18(19)20)10(2)16-17)21-9-12-7-5-4-6-11(12)8-15/h11-12H,3-9,15H2,1-2H3. The van der Waals surface area contributed by atoms with Gasteiger partial charge in [-0.1, -0.05) is 12.8 Å². The number of hydrogen-bond acceptors (Lipinski definition) is 5. The summed E-state index contributed by atoms with van der Waals surface area (Å²) in [6.45, 7) is 5.22. The molecule has 1 heterocycles. The highest BCUT2D eigenvalue weighted by atomic mass is 16.6. The summed E-state index contributed by atoms with van der Waals surface area (Å²) in [5.74, 6) is 1.11. The average Bonchev–Trinajstić information content (AvgIpc) is 2.81. The van der Waals surface area contributed by atoms with Gasteiger partial charge in [-0.25, -0.2) is 4.68 Å². The van der Waals surface area contributed by atoms with Crippen LogP contribution in [0.15, 0.2) is 0 Å². The van der Waals surface area contributed by atoms with Crippen molar-refractivity contribution < 1.29 is 9.66 Å². The molecule has 1 aromatic rings. The summed E-state index contributed by atoms with van der Waals surface area (Å²) in [6, 6.07) is 0. The molecular weight excluding hydrogens is 272 g/mol. The van der Waals surface area contributed by atoms with Crippen LogP contribution in [0.1, 0.15) is 38.3 Å². The van der Waals surface area contributed by atoms with Crippen molar-refractivity contribution in [3.05, 3.63) is 15.8 Å². The van der Waals surface area contributed by atoms with Crippen LogP contribution in [0.5, 0.6) is 5.88 Å². The molecule has 1 aliphatic carbocycles. The molecule has 0 amide bonds. The first-order valence-electron chi connectivity index (χ1n) is 7.63. The topological polar surface area (TPSA) is 96.2 Å². The van der Waals surface area contributed by atoms with E-state index in [9.17, 15) is 10.1 Å². The summed E-state index contributed by atoms with van der Waals surface area (Å²) < 4.78 is 7.38. The maximum atomic E-state index is 11.2. The molecule has 2 unspecified atom stereocenters. The minimum absolute atomic E-state index is 0.0167. The van der Waals surface area contributed by atoms with Crippen molar-refractivity contribution in [2.24, 2.45) is 17.6 Å². The first-order valence-corrected chi connectivity index (χ1v) is 7.63. The van der Waals surface area contributed by atoms with Gasteiger partial charge in [0.05, 0.1) is 11.5 Å². The fraction of sp³-hybridized carbons (Fsp3) is 0.786. The van der Waals surface area contributed by atoms with Crippen molar-refractivity contribution in [3.63, 3.8) is 0 Å². The number of aromatic nitrogens is 2. The molecule has 0 aromatic carbocycles. The van der Waals surface area contributed by atoms with E-state index in [1.165, 1.54) is 12.8 Å². The van der Waals surface area contributed by atoms with E-state index in [0.29, 0.717) is 37.2 Å². The third-order valence-electron chi connectivity index (χ3n) is 4.34. The van der Waals surface area contributed by atoms with Crippen LogP contribution in [0.2, 0.25) is 0 Å². The molecule has 1 aromatic heterocycles. The second-order valence-corrected chi connectivity index (χ2v) is 5.66. The third-order valence-corrected chi connectivity index (χ3v) is 4.34. The summed E-state index contributed by atoms with van der Waals surface area (Å²) in [6.07, 6.45) is 4.59. The Labute approximate surface area is 124 Å². The number of ether oxygens (including phenoxy) is 1. The Balaban J connectivity index is 2.13. The molecule has 0 spiro atoms. The van der Waals surface area contributed by atoms with Crippen LogP contribution in [-0.2, 0) is 6.54 Å². The Morgan fingerprint density at radius 3 is 2.67 bits per heavy atom. The highest BCUT2D eigenvalue weighted by Crippen LogP contribution is 2.34. The zero-order chi connectivity index (χ0) is 15.4. The molecule has 7 nitrogen and oxygen atoms in total. The van der Waals surface area contributed by atoms with Crippen LogP contribution in [0.25, 0.3) is 0 Å². The van der Waals surface area contributed by atoms with E-state index in [1.54, 1.807) is 11.6 Å². The number of aryl methyl sites for hydroxylation is 2. The lowest BCUT2D eigenvalue weighted by Crippen LogP contribution is -2.31. The predicted molar refractivity (Wildman–Crippen MR) is 79.3 cm³/mol. The van der Waals surface area contributed by atoms with Crippen molar-refractivity contribution >= 4 is 5.69 Å². The highest BCUT2D eigenvalue weighted by molar-refractivity contribution is 5.45. The van der Waals surface area contributed by atoms with Crippen molar-refractivity contribution in [3.8, 4) is 5.88 Å². The smallest absolute Gasteiger partial charge is 0.353 e. The van der Waals surface area contributed by atoms with Gasteiger partial charge in [-0.05, 0) is 45.1 Å². The normalized spacial score (nSPS) is 22.2. The fourth-order valence-corrected chi connectivity index (χ4v) is 3.12. The van der Waals surface area contributed by atoms with Gasteiger partial charge in [0.15, 0.2) is 0 Å². The zero-order valence-corrected chi connectivity index (χ0v) is 12.7. The van der Waals surface area contributed by atoms with Crippen LogP contribution in [0.3, 0.4) is 0 Å². The molecule has 1 saturated carbocycles. The molecule has 0 radical (unpaired) electrons. The molecule has 2 atom stereocenters. The van der Waals surface area contributed by atoms with Crippen LogP contribution in [-0.4, -0.2) is 27.9 Å². The molecule has 2 rings (SSSR count). The Morgan fingerprint density at radius 2 is 2.10 bits per heavy atom. The van der Waals surface area contributed by atoms with E-state index in [-0.39, 0.29) is 11.6 Å².